The fraction of sp³-hybridized carbons (Fsp3) is 0.263. The maximum Gasteiger partial charge on any atom is 0.224 e. The maximum atomic E-state index is 11.7. The van der Waals surface area contributed by atoms with Crippen LogP contribution in [0.3, 0.4) is 0 Å². The fourth-order valence-corrected chi connectivity index (χ4v) is 2.59. The minimum atomic E-state index is -0.0315. The standard InChI is InChI=1S/C19H21N3O2/c1-4-18(23)21-15-10-16-19(22(3)13(2)20-16)17(11-15)24-12-14-8-6-5-7-9-14/h5-11H,4,12H2,1-3H3,(H,21,23). The molecule has 0 radical (unpaired) electrons. The molecular weight excluding hydrogens is 302 g/mol. The number of nitrogens with one attached hydrogen (secondary N) is 1. The maximum absolute atomic E-state index is 11.7. The first-order valence-corrected chi connectivity index (χ1v) is 8.02. The van der Waals surface area contributed by atoms with Crippen molar-refractivity contribution in [2.45, 2.75) is 26.9 Å². The molecule has 1 heterocycles. The van der Waals surface area contributed by atoms with Gasteiger partial charge >= 0.3 is 0 Å². The van der Waals surface area contributed by atoms with E-state index in [0.717, 1.165) is 22.4 Å². The summed E-state index contributed by atoms with van der Waals surface area (Å²) >= 11 is 0. The van der Waals surface area contributed by atoms with Crippen LogP contribution in [-0.2, 0) is 18.4 Å². The van der Waals surface area contributed by atoms with Crippen LogP contribution in [0.1, 0.15) is 24.7 Å². The molecule has 0 atom stereocenters. The number of benzene rings is 2. The third-order valence-electron chi connectivity index (χ3n) is 4.00. The van der Waals surface area contributed by atoms with E-state index in [-0.39, 0.29) is 5.91 Å². The molecule has 0 fully saturated rings. The third kappa shape index (κ3) is 3.25. The minimum absolute atomic E-state index is 0.0315. The Bertz CT molecular complexity index is 869. The number of carbonyl (C=O) groups is 1. The monoisotopic (exact) mass is 323 g/mol. The van der Waals surface area contributed by atoms with Crippen LogP contribution in [0.2, 0.25) is 0 Å². The Morgan fingerprint density at radius 1 is 1.25 bits per heavy atom. The van der Waals surface area contributed by atoms with Crippen molar-refractivity contribution in [1.29, 1.82) is 0 Å². The number of imidazole rings is 1. The molecule has 3 aromatic rings. The summed E-state index contributed by atoms with van der Waals surface area (Å²) in [6.07, 6.45) is 0.430. The van der Waals surface area contributed by atoms with Gasteiger partial charge in [0.25, 0.3) is 0 Å². The molecular formula is C19H21N3O2. The lowest BCUT2D eigenvalue weighted by Crippen LogP contribution is -2.09. The van der Waals surface area contributed by atoms with Crippen LogP contribution in [0.15, 0.2) is 42.5 Å². The minimum Gasteiger partial charge on any atom is -0.487 e. The summed E-state index contributed by atoms with van der Waals surface area (Å²) in [5.41, 5.74) is 3.54. The Morgan fingerprint density at radius 2 is 2.00 bits per heavy atom. The molecule has 5 heteroatoms. The molecule has 1 N–H and O–H groups in total. The van der Waals surface area contributed by atoms with Gasteiger partial charge in [0.2, 0.25) is 5.91 Å². The Labute approximate surface area is 141 Å². The van der Waals surface area contributed by atoms with E-state index in [1.165, 1.54) is 0 Å². The zero-order chi connectivity index (χ0) is 17.1. The molecule has 1 amide bonds. The smallest absolute Gasteiger partial charge is 0.224 e. The SMILES string of the molecule is CCC(=O)Nc1cc(OCc2ccccc2)c2c(c1)nc(C)n2C. The molecule has 124 valence electrons. The van der Waals surface area contributed by atoms with Crippen LogP contribution >= 0.6 is 0 Å². The van der Waals surface area contributed by atoms with Gasteiger partial charge in [-0.1, -0.05) is 37.3 Å². The summed E-state index contributed by atoms with van der Waals surface area (Å²) in [5.74, 6) is 1.58. The topological polar surface area (TPSA) is 56.1 Å². The lowest BCUT2D eigenvalue weighted by molar-refractivity contribution is -0.115. The van der Waals surface area contributed by atoms with E-state index in [9.17, 15) is 4.79 Å². The van der Waals surface area contributed by atoms with Crippen molar-refractivity contribution >= 4 is 22.6 Å². The molecule has 0 aliphatic rings. The average molecular weight is 323 g/mol. The van der Waals surface area contributed by atoms with Gasteiger partial charge in [0.1, 0.15) is 23.7 Å². The quantitative estimate of drug-likeness (QED) is 0.777. The van der Waals surface area contributed by atoms with Crippen molar-refractivity contribution in [2.24, 2.45) is 7.05 Å². The molecule has 5 nitrogen and oxygen atoms in total. The van der Waals surface area contributed by atoms with E-state index in [2.05, 4.69) is 10.3 Å². The van der Waals surface area contributed by atoms with E-state index < -0.39 is 0 Å². The summed E-state index contributed by atoms with van der Waals surface area (Å²) in [6, 6.07) is 13.7. The first-order valence-electron chi connectivity index (χ1n) is 8.02. The Hall–Kier alpha value is -2.82. The third-order valence-corrected chi connectivity index (χ3v) is 4.00. The van der Waals surface area contributed by atoms with Gasteiger partial charge in [-0.2, -0.15) is 0 Å². The molecule has 24 heavy (non-hydrogen) atoms. The van der Waals surface area contributed by atoms with Crippen LogP contribution in [0, 0.1) is 6.92 Å². The molecule has 0 saturated carbocycles. The predicted molar refractivity (Wildman–Crippen MR) is 95.1 cm³/mol. The molecule has 2 aromatic carbocycles. The number of hydrogen-bond acceptors (Lipinski definition) is 3. The molecule has 0 unspecified atom stereocenters. The number of fused-ring (bicyclic) bond motifs is 1. The first kappa shape index (κ1) is 16.1. The lowest BCUT2D eigenvalue weighted by Gasteiger charge is -2.12. The molecule has 0 aliphatic heterocycles. The van der Waals surface area contributed by atoms with E-state index in [4.69, 9.17) is 4.74 Å². The summed E-state index contributed by atoms with van der Waals surface area (Å²) in [5, 5.41) is 2.88. The van der Waals surface area contributed by atoms with Crippen LogP contribution < -0.4 is 10.1 Å². The lowest BCUT2D eigenvalue weighted by atomic mass is 10.2. The predicted octanol–water partition coefficient (Wildman–Crippen LogP) is 3.81. The van der Waals surface area contributed by atoms with Crippen molar-refractivity contribution in [3.63, 3.8) is 0 Å². The van der Waals surface area contributed by atoms with Crippen molar-refractivity contribution in [1.82, 2.24) is 9.55 Å². The van der Waals surface area contributed by atoms with Gasteiger partial charge < -0.3 is 14.6 Å². The number of aromatic nitrogens is 2. The second kappa shape index (κ2) is 6.74. The number of aryl methyl sites for hydroxylation is 2. The summed E-state index contributed by atoms with van der Waals surface area (Å²) in [7, 11) is 1.96. The second-order valence-electron chi connectivity index (χ2n) is 5.74. The zero-order valence-electron chi connectivity index (χ0n) is 14.2. The van der Waals surface area contributed by atoms with Crippen LogP contribution in [0.5, 0.6) is 5.75 Å². The van der Waals surface area contributed by atoms with Gasteiger partial charge in [0.15, 0.2) is 0 Å². The molecule has 0 spiro atoms. The zero-order valence-corrected chi connectivity index (χ0v) is 14.2. The fourth-order valence-electron chi connectivity index (χ4n) is 2.59. The van der Waals surface area contributed by atoms with Crippen LogP contribution in [0.4, 0.5) is 5.69 Å². The van der Waals surface area contributed by atoms with Crippen molar-refractivity contribution < 1.29 is 9.53 Å². The first-order chi connectivity index (χ1) is 11.6. The number of carbonyl (C=O) groups excluding carboxylic acids is 1. The summed E-state index contributed by atoms with van der Waals surface area (Å²) < 4.78 is 8.04. The van der Waals surface area contributed by atoms with Gasteiger partial charge in [0, 0.05) is 25.2 Å². The van der Waals surface area contributed by atoms with Gasteiger partial charge in [-0.25, -0.2) is 4.98 Å². The van der Waals surface area contributed by atoms with Crippen molar-refractivity contribution in [3.05, 3.63) is 53.9 Å². The molecule has 3 rings (SSSR count). The molecule has 1 aromatic heterocycles. The molecule has 0 bridgehead atoms. The molecule has 0 saturated heterocycles. The number of ether oxygens (including phenoxy) is 1. The molecule has 0 aliphatic carbocycles. The Balaban J connectivity index is 1.97. The normalized spacial score (nSPS) is 10.8. The van der Waals surface area contributed by atoms with Gasteiger partial charge in [-0.3, -0.25) is 4.79 Å². The van der Waals surface area contributed by atoms with Gasteiger partial charge in [-0.05, 0) is 18.6 Å². The van der Waals surface area contributed by atoms with E-state index in [1.807, 2.05) is 67.9 Å². The number of nitrogens with zero attached hydrogens (tertiary/aromatic N) is 2. The van der Waals surface area contributed by atoms with Crippen LogP contribution in [-0.4, -0.2) is 15.5 Å². The largest absolute Gasteiger partial charge is 0.487 e. The highest BCUT2D eigenvalue weighted by molar-refractivity contribution is 5.95. The second-order valence-corrected chi connectivity index (χ2v) is 5.74. The van der Waals surface area contributed by atoms with Crippen molar-refractivity contribution in [3.8, 4) is 5.75 Å². The average Bonchev–Trinajstić information content (AvgIpc) is 2.88. The van der Waals surface area contributed by atoms with E-state index in [1.54, 1.807) is 0 Å². The van der Waals surface area contributed by atoms with Gasteiger partial charge in [0.05, 0.1) is 5.52 Å². The summed E-state index contributed by atoms with van der Waals surface area (Å²) in [6.45, 7) is 4.24. The number of rotatable bonds is 5. The highest BCUT2D eigenvalue weighted by atomic mass is 16.5. The Morgan fingerprint density at radius 3 is 2.71 bits per heavy atom. The van der Waals surface area contributed by atoms with Gasteiger partial charge in [-0.15, -0.1) is 0 Å². The van der Waals surface area contributed by atoms with Crippen molar-refractivity contribution in [2.75, 3.05) is 5.32 Å². The number of anilines is 1. The Kier molecular flexibility index (Phi) is 4.51. The highest BCUT2D eigenvalue weighted by Gasteiger charge is 2.13. The number of amides is 1. The van der Waals surface area contributed by atoms with Crippen LogP contribution in [0.25, 0.3) is 11.0 Å². The number of hydrogen-bond donors (Lipinski definition) is 1. The van der Waals surface area contributed by atoms with E-state index >= 15 is 0 Å². The summed E-state index contributed by atoms with van der Waals surface area (Å²) in [4.78, 5) is 16.3. The highest BCUT2D eigenvalue weighted by Crippen LogP contribution is 2.31. The van der Waals surface area contributed by atoms with E-state index in [0.29, 0.717) is 24.5 Å².